The van der Waals surface area contributed by atoms with Gasteiger partial charge in [0, 0.05) is 29.8 Å². The second-order valence-corrected chi connectivity index (χ2v) is 9.57. The molecule has 1 N–H and O–H groups in total. The molecule has 30 heavy (non-hydrogen) atoms. The Morgan fingerprint density at radius 3 is 2.63 bits per heavy atom. The number of anilines is 2. The molecule has 1 aliphatic heterocycles. The lowest BCUT2D eigenvalue weighted by atomic mass is 9.72. The van der Waals surface area contributed by atoms with Crippen LogP contribution in [0.15, 0.2) is 29.5 Å². The molecule has 1 unspecified atom stereocenters. The number of benzene rings is 1. The van der Waals surface area contributed by atoms with Crippen molar-refractivity contribution in [1.29, 1.82) is 0 Å². The van der Waals surface area contributed by atoms with Crippen LogP contribution >= 0.6 is 11.6 Å². The lowest BCUT2D eigenvalue weighted by Gasteiger charge is -2.39. The van der Waals surface area contributed by atoms with Gasteiger partial charge in [0.05, 0.1) is 22.3 Å². The van der Waals surface area contributed by atoms with Crippen molar-refractivity contribution >= 4 is 40.4 Å². The number of nitro benzene ring substituents is 1. The standard InChI is InChI=1S/C22H26ClN3O4/c1-22(2)10-16-20(18(27)11-22)21(13-5-3-4-6-13)25(19(28)12-23)17-8-7-14(26(29)30)9-15(17)24-16/h7-9,13,21,24H,3-6,10-12H2,1-2H3. The van der Waals surface area contributed by atoms with Crippen molar-refractivity contribution in [1.82, 2.24) is 0 Å². The van der Waals surface area contributed by atoms with Gasteiger partial charge in [0.25, 0.3) is 5.69 Å². The lowest BCUT2D eigenvalue weighted by molar-refractivity contribution is -0.384. The van der Waals surface area contributed by atoms with Gasteiger partial charge in [0.15, 0.2) is 5.78 Å². The maximum absolute atomic E-state index is 13.4. The maximum Gasteiger partial charge on any atom is 0.271 e. The Hall–Kier alpha value is -2.41. The SMILES string of the molecule is CC1(C)CC(=O)C2=C(C1)Nc1cc([N+](=O)[O-])ccc1N(C(=O)CCl)C2C1CCCC1. The zero-order chi connectivity index (χ0) is 21.6. The van der Waals surface area contributed by atoms with Crippen LogP contribution in [0.3, 0.4) is 0 Å². The minimum Gasteiger partial charge on any atom is -0.357 e. The van der Waals surface area contributed by atoms with Crippen LogP contribution < -0.4 is 10.2 Å². The molecule has 160 valence electrons. The fourth-order valence-electron chi connectivity index (χ4n) is 5.25. The van der Waals surface area contributed by atoms with Crippen molar-refractivity contribution in [3.05, 3.63) is 39.6 Å². The van der Waals surface area contributed by atoms with Crippen LogP contribution in [-0.2, 0) is 9.59 Å². The second kappa shape index (κ2) is 7.69. The third-order valence-electron chi connectivity index (χ3n) is 6.46. The first kappa shape index (κ1) is 20.8. The van der Waals surface area contributed by atoms with Gasteiger partial charge in [-0.3, -0.25) is 19.7 Å². The molecule has 7 nitrogen and oxygen atoms in total. The molecule has 4 rings (SSSR count). The second-order valence-electron chi connectivity index (χ2n) is 9.30. The third kappa shape index (κ3) is 3.60. The number of amides is 1. The molecule has 8 heteroatoms. The van der Waals surface area contributed by atoms with Crippen LogP contribution in [-0.4, -0.2) is 28.5 Å². The van der Waals surface area contributed by atoms with Crippen LogP contribution in [0.2, 0.25) is 0 Å². The van der Waals surface area contributed by atoms with E-state index in [1.165, 1.54) is 12.1 Å². The van der Waals surface area contributed by atoms with Gasteiger partial charge in [0.2, 0.25) is 5.91 Å². The summed E-state index contributed by atoms with van der Waals surface area (Å²) in [5.74, 6) is -0.311. The van der Waals surface area contributed by atoms with Crippen LogP contribution in [0.25, 0.3) is 0 Å². The molecular formula is C22H26ClN3O4. The van der Waals surface area contributed by atoms with Crippen LogP contribution in [0.5, 0.6) is 0 Å². The number of hydrogen-bond donors (Lipinski definition) is 1. The highest BCUT2D eigenvalue weighted by Crippen LogP contribution is 2.48. The first-order valence-electron chi connectivity index (χ1n) is 10.4. The predicted molar refractivity (Wildman–Crippen MR) is 116 cm³/mol. The average Bonchev–Trinajstić information content (AvgIpc) is 3.15. The molecule has 0 bridgehead atoms. The number of alkyl halides is 1. The summed E-state index contributed by atoms with van der Waals surface area (Å²) >= 11 is 5.99. The highest BCUT2D eigenvalue weighted by atomic mass is 35.5. The summed E-state index contributed by atoms with van der Waals surface area (Å²) in [7, 11) is 0. The fourth-order valence-corrected chi connectivity index (χ4v) is 5.38. The van der Waals surface area contributed by atoms with Crippen molar-refractivity contribution in [2.24, 2.45) is 11.3 Å². The topological polar surface area (TPSA) is 92.5 Å². The smallest absolute Gasteiger partial charge is 0.271 e. The third-order valence-corrected chi connectivity index (χ3v) is 6.69. The monoisotopic (exact) mass is 431 g/mol. The van der Waals surface area contributed by atoms with Crippen molar-refractivity contribution in [2.75, 3.05) is 16.1 Å². The molecule has 0 aromatic heterocycles. The molecule has 1 aromatic rings. The quantitative estimate of drug-likeness (QED) is 0.421. The molecule has 0 radical (unpaired) electrons. The largest absolute Gasteiger partial charge is 0.357 e. The number of rotatable bonds is 3. The number of halogens is 1. The normalized spacial score (nSPS) is 23.5. The van der Waals surface area contributed by atoms with E-state index in [9.17, 15) is 19.7 Å². The first-order valence-corrected chi connectivity index (χ1v) is 10.9. The number of fused-ring (bicyclic) bond motifs is 1. The number of carbonyl (C=O) groups excluding carboxylic acids is 2. The van der Waals surface area contributed by atoms with E-state index >= 15 is 0 Å². The van der Waals surface area contributed by atoms with Gasteiger partial charge in [-0.05, 0) is 36.7 Å². The van der Waals surface area contributed by atoms with E-state index in [0.29, 0.717) is 29.8 Å². The molecule has 2 aliphatic carbocycles. The summed E-state index contributed by atoms with van der Waals surface area (Å²) in [4.78, 5) is 39.0. The Kier molecular flexibility index (Phi) is 5.34. The summed E-state index contributed by atoms with van der Waals surface area (Å²) in [5, 5.41) is 14.7. The number of non-ortho nitro benzene ring substituents is 1. The number of nitrogens with zero attached hydrogens (tertiary/aromatic N) is 2. The van der Waals surface area contributed by atoms with E-state index in [0.717, 1.165) is 31.4 Å². The van der Waals surface area contributed by atoms with Gasteiger partial charge in [-0.2, -0.15) is 0 Å². The number of carbonyl (C=O) groups is 2. The zero-order valence-corrected chi connectivity index (χ0v) is 18.0. The minimum absolute atomic E-state index is 0.0420. The maximum atomic E-state index is 13.4. The average molecular weight is 432 g/mol. The molecule has 1 saturated carbocycles. The molecule has 0 spiro atoms. The van der Waals surface area contributed by atoms with E-state index in [1.807, 2.05) is 13.8 Å². The van der Waals surface area contributed by atoms with Crippen molar-refractivity contribution in [2.45, 2.75) is 58.4 Å². The number of allylic oxidation sites excluding steroid dienone is 1. The van der Waals surface area contributed by atoms with Gasteiger partial charge < -0.3 is 10.2 Å². The lowest BCUT2D eigenvalue weighted by Crippen LogP contribution is -2.48. The minimum atomic E-state index is -0.458. The van der Waals surface area contributed by atoms with Crippen molar-refractivity contribution in [3.8, 4) is 0 Å². The molecule has 1 atom stereocenters. The highest BCUT2D eigenvalue weighted by molar-refractivity contribution is 6.30. The van der Waals surface area contributed by atoms with Crippen molar-refractivity contribution in [3.63, 3.8) is 0 Å². The summed E-state index contributed by atoms with van der Waals surface area (Å²) in [6.45, 7) is 4.09. The van der Waals surface area contributed by atoms with Crippen LogP contribution in [0.4, 0.5) is 17.1 Å². The first-order chi connectivity index (χ1) is 14.2. The Balaban J connectivity index is 1.96. The summed E-state index contributed by atoms with van der Waals surface area (Å²) in [6.07, 6.45) is 5.05. The summed E-state index contributed by atoms with van der Waals surface area (Å²) in [6, 6.07) is 4.04. The van der Waals surface area contributed by atoms with Gasteiger partial charge in [0.1, 0.15) is 5.88 Å². The number of ketones is 1. The molecule has 3 aliphatic rings. The number of hydrogen-bond acceptors (Lipinski definition) is 5. The molecule has 1 heterocycles. The molecule has 1 amide bonds. The highest BCUT2D eigenvalue weighted by Gasteiger charge is 2.45. The zero-order valence-electron chi connectivity index (χ0n) is 17.2. The van der Waals surface area contributed by atoms with E-state index in [-0.39, 0.29) is 34.6 Å². The van der Waals surface area contributed by atoms with E-state index in [2.05, 4.69) is 5.32 Å². The van der Waals surface area contributed by atoms with Gasteiger partial charge in [-0.1, -0.05) is 26.7 Å². The molecule has 1 fully saturated rings. The summed E-state index contributed by atoms with van der Waals surface area (Å²) in [5.41, 5.74) is 2.15. The van der Waals surface area contributed by atoms with Crippen molar-refractivity contribution < 1.29 is 14.5 Å². The molecule has 0 saturated heterocycles. The number of nitrogens with one attached hydrogen (secondary N) is 1. The molecular weight excluding hydrogens is 406 g/mol. The van der Waals surface area contributed by atoms with Gasteiger partial charge >= 0.3 is 0 Å². The van der Waals surface area contributed by atoms with Crippen LogP contribution in [0.1, 0.15) is 52.4 Å². The van der Waals surface area contributed by atoms with E-state index in [1.54, 1.807) is 11.0 Å². The van der Waals surface area contributed by atoms with E-state index < -0.39 is 11.0 Å². The predicted octanol–water partition coefficient (Wildman–Crippen LogP) is 4.79. The number of Topliss-reactive ketones (excluding diaryl/α,β-unsaturated/α-hetero) is 1. The Morgan fingerprint density at radius 1 is 1.30 bits per heavy atom. The van der Waals surface area contributed by atoms with Gasteiger partial charge in [-0.25, -0.2) is 0 Å². The van der Waals surface area contributed by atoms with Crippen LogP contribution in [0, 0.1) is 21.4 Å². The number of nitro groups is 1. The fraction of sp³-hybridized carbons (Fsp3) is 0.545. The van der Waals surface area contributed by atoms with E-state index in [4.69, 9.17) is 11.6 Å². The Labute approximate surface area is 180 Å². The molecule has 1 aromatic carbocycles. The summed E-state index contributed by atoms with van der Waals surface area (Å²) < 4.78 is 0. The Bertz CT molecular complexity index is 950. The van der Waals surface area contributed by atoms with Gasteiger partial charge in [-0.15, -0.1) is 11.6 Å². The Morgan fingerprint density at radius 2 is 2.00 bits per heavy atom.